The van der Waals surface area contributed by atoms with E-state index in [1.807, 2.05) is 13.0 Å². The van der Waals surface area contributed by atoms with Gasteiger partial charge in [0.05, 0.1) is 19.8 Å². The summed E-state index contributed by atoms with van der Waals surface area (Å²) in [5.74, 6) is -0.985. The number of ether oxygens (including phenoxy) is 3. The molecule has 176 valence electrons. The van der Waals surface area contributed by atoms with Crippen LogP contribution in [0.1, 0.15) is 41.5 Å². The minimum absolute atomic E-state index is 0. The van der Waals surface area contributed by atoms with Gasteiger partial charge in [0.2, 0.25) is 11.8 Å². The van der Waals surface area contributed by atoms with Crippen molar-refractivity contribution in [2.45, 2.75) is 20.8 Å². The Bertz CT molecular complexity index is 1240. The third kappa shape index (κ3) is 6.70. The Balaban J connectivity index is 0.000000323. The quantitative estimate of drug-likeness (QED) is 0.253. The van der Waals surface area contributed by atoms with Gasteiger partial charge in [-0.3, -0.25) is 0 Å². The van der Waals surface area contributed by atoms with Crippen molar-refractivity contribution in [3.05, 3.63) is 47.8 Å². The molecule has 0 spiro atoms. The molecule has 4 rings (SSSR count). The Morgan fingerprint density at radius 1 is 0.853 bits per heavy atom. The van der Waals surface area contributed by atoms with Gasteiger partial charge in [-0.1, -0.05) is 0 Å². The summed E-state index contributed by atoms with van der Waals surface area (Å²) in [6.07, 6.45) is 3.47. The van der Waals surface area contributed by atoms with Gasteiger partial charge >= 0.3 is 41.5 Å². The number of hydrogen-bond donors (Lipinski definition) is 3. The smallest absolute Gasteiger partial charge is 0.870 e. The standard InChI is InChI=1S/C12H14N2O3.C10H10N2O3.Na.H2O/c1-3-16-11-9(12(15)17-4-2)7-8-5-6-13-10(8)14-11;1-2-15-9-7(10(13)14)5-6-3-4-11-8(6)12-9;;/h5-7H,3-4H2,1-2H3,(H,13,14);3-5H,2H2,1H3,(H,11,12)(H,13,14);;1H2/q;;+1;/p-1. The molecule has 0 fully saturated rings. The van der Waals surface area contributed by atoms with Crippen molar-refractivity contribution < 1.29 is 63.9 Å². The molecule has 12 heteroatoms. The van der Waals surface area contributed by atoms with Gasteiger partial charge in [0.1, 0.15) is 22.4 Å². The molecule has 4 N–H and O–H groups in total. The average Bonchev–Trinajstić information content (AvgIpc) is 3.42. The fourth-order valence-electron chi connectivity index (χ4n) is 2.93. The van der Waals surface area contributed by atoms with E-state index in [0.29, 0.717) is 42.6 Å². The molecule has 0 saturated carbocycles. The largest absolute Gasteiger partial charge is 1.00 e. The first-order valence-electron chi connectivity index (χ1n) is 10.1. The third-order valence-electron chi connectivity index (χ3n) is 4.29. The number of fused-ring (bicyclic) bond motifs is 2. The second-order valence-electron chi connectivity index (χ2n) is 6.40. The van der Waals surface area contributed by atoms with E-state index in [9.17, 15) is 9.59 Å². The minimum atomic E-state index is -1.03. The molecule has 0 amide bonds. The predicted molar refractivity (Wildman–Crippen MR) is 119 cm³/mol. The zero-order valence-corrected chi connectivity index (χ0v) is 21.4. The van der Waals surface area contributed by atoms with Crippen molar-refractivity contribution in [3.63, 3.8) is 0 Å². The maximum absolute atomic E-state index is 11.8. The summed E-state index contributed by atoms with van der Waals surface area (Å²) in [5, 5.41) is 10.6. The molecule has 11 nitrogen and oxygen atoms in total. The third-order valence-corrected chi connectivity index (χ3v) is 4.29. The van der Waals surface area contributed by atoms with Crippen molar-refractivity contribution in [1.82, 2.24) is 19.9 Å². The van der Waals surface area contributed by atoms with Gasteiger partial charge < -0.3 is 34.8 Å². The van der Waals surface area contributed by atoms with Crippen LogP contribution in [0.2, 0.25) is 0 Å². The number of H-pyrrole nitrogens is 2. The molecule has 0 radical (unpaired) electrons. The number of pyridine rings is 2. The first-order valence-corrected chi connectivity index (χ1v) is 10.1. The van der Waals surface area contributed by atoms with Gasteiger partial charge in [0, 0.05) is 23.2 Å². The summed E-state index contributed by atoms with van der Waals surface area (Å²) in [6, 6.07) is 6.89. The van der Waals surface area contributed by atoms with Gasteiger partial charge in [-0.05, 0) is 45.0 Å². The second kappa shape index (κ2) is 13.6. The normalized spacial score (nSPS) is 9.85. The Morgan fingerprint density at radius 2 is 1.32 bits per heavy atom. The van der Waals surface area contributed by atoms with Crippen molar-refractivity contribution in [3.8, 4) is 11.8 Å². The first-order chi connectivity index (χ1) is 15.5. The van der Waals surface area contributed by atoms with Gasteiger partial charge in [-0.25, -0.2) is 9.59 Å². The first kappa shape index (κ1) is 28.9. The molecule has 0 saturated heterocycles. The van der Waals surface area contributed by atoms with Crippen molar-refractivity contribution in [2.75, 3.05) is 19.8 Å². The van der Waals surface area contributed by atoms with Crippen molar-refractivity contribution in [2.24, 2.45) is 0 Å². The molecule has 0 aliphatic rings. The van der Waals surface area contributed by atoms with E-state index in [-0.39, 0.29) is 46.5 Å². The summed E-state index contributed by atoms with van der Waals surface area (Å²) in [4.78, 5) is 36.9. The molecule has 4 heterocycles. The molecule has 0 unspecified atom stereocenters. The predicted octanol–water partition coefficient (Wildman–Crippen LogP) is 0.625. The molecule has 0 atom stereocenters. The van der Waals surface area contributed by atoms with E-state index in [2.05, 4.69) is 19.9 Å². The molecular weight excluding hydrogens is 455 g/mol. The number of hydrogen-bond acceptors (Lipinski definition) is 8. The van der Waals surface area contributed by atoms with Gasteiger partial charge in [0.15, 0.2) is 0 Å². The fourth-order valence-corrected chi connectivity index (χ4v) is 2.93. The number of esters is 1. The molecule has 4 aromatic heterocycles. The molecule has 0 bridgehead atoms. The van der Waals surface area contributed by atoms with E-state index < -0.39 is 11.9 Å². The zero-order chi connectivity index (χ0) is 23.1. The van der Waals surface area contributed by atoms with E-state index in [0.717, 1.165) is 10.8 Å². The summed E-state index contributed by atoms with van der Waals surface area (Å²) < 4.78 is 15.5. The Kier molecular flexibility index (Phi) is 11.5. The topological polar surface area (TPSA) is 169 Å². The Hall–Kier alpha value is -3.12. The molecule has 0 aliphatic heterocycles. The number of rotatable bonds is 7. The Labute approximate surface area is 217 Å². The molecule has 34 heavy (non-hydrogen) atoms. The number of aromatic nitrogens is 4. The van der Waals surface area contributed by atoms with Gasteiger partial charge in [0.25, 0.3) is 0 Å². The number of aromatic carboxylic acids is 1. The molecule has 4 aromatic rings. The second-order valence-corrected chi connectivity index (χ2v) is 6.40. The maximum atomic E-state index is 11.8. The van der Waals surface area contributed by atoms with E-state index in [1.54, 1.807) is 44.4 Å². The van der Waals surface area contributed by atoms with Crippen molar-refractivity contribution in [1.29, 1.82) is 0 Å². The zero-order valence-electron chi connectivity index (χ0n) is 19.4. The number of carbonyl (C=O) groups is 2. The minimum Gasteiger partial charge on any atom is -0.870 e. The van der Waals surface area contributed by atoms with Gasteiger partial charge in [-0.15, -0.1) is 0 Å². The van der Waals surface area contributed by atoms with Crippen LogP contribution in [0, 0.1) is 0 Å². The number of carboxylic acids is 1. The summed E-state index contributed by atoms with van der Waals surface area (Å²) in [5.41, 5.74) is 1.77. The number of nitrogens with zero attached hydrogens (tertiary/aromatic N) is 2. The molecular formula is C22H25N4NaO7. The molecule has 0 aliphatic carbocycles. The van der Waals surface area contributed by atoms with E-state index >= 15 is 0 Å². The molecule has 0 aromatic carbocycles. The number of nitrogens with one attached hydrogen (secondary N) is 2. The van der Waals surface area contributed by atoms with Crippen LogP contribution in [0.4, 0.5) is 0 Å². The van der Waals surface area contributed by atoms with Crippen LogP contribution < -0.4 is 39.0 Å². The average molecular weight is 480 g/mol. The van der Waals surface area contributed by atoms with Crippen LogP contribution in [0.25, 0.3) is 22.1 Å². The van der Waals surface area contributed by atoms with Crippen LogP contribution in [0.3, 0.4) is 0 Å². The summed E-state index contributed by atoms with van der Waals surface area (Å²) >= 11 is 0. The Morgan fingerprint density at radius 3 is 1.76 bits per heavy atom. The summed E-state index contributed by atoms with van der Waals surface area (Å²) in [6.45, 7) is 6.56. The number of aromatic amines is 2. The van der Waals surface area contributed by atoms with Crippen LogP contribution in [0.5, 0.6) is 11.8 Å². The SMILES string of the molecule is CCOC(=O)c1cc2cc[nH]c2nc1OCC.CCOc1nc2[nH]ccc2cc1C(=O)O.[Na+].[OH-]. The fraction of sp³-hybridized carbons (Fsp3) is 0.273. The van der Waals surface area contributed by atoms with E-state index in [1.165, 1.54) is 0 Å². The van der Waals surface area contributed by atoms with Crippen LogP contribution in [-0.4, -0.2) is 62.3 Å². The van der Waals surface area contributed by atoms with E-state index in [4.69, 9.17) is 19.3 Å². The number of carbonyl (C=O) groups excluding carboxylic acids is 1. The maximum Gasteiger partial charge on any atom is 1.00 e. The van der Waals surface area contributed by atoms with Crippen LogP contribution >= 0.6 is 0 Å². The number of carboxylic acid groups (broad SMARTS) is 1. The summed E-state index contributed by atoms with van der Waals surface area (Å²) in [7, 11) is 0. The van der Waals surface area contributed by atoms with Crippen molar-refractivity contribution >= 4 is 34.0 Å². The monoisotopic (exact) mass is 480 g/mol. The van der Waals surface area contributed by atoms with Crippen LogP contribution in [-0.2, 0) is 4.74 Å². The van der Waals surface area contributed by atoms with Gasteiger partial charge in [-0.2, -0.15) is 9.97 Å². The van der Waals surface area contributed by atoms with Crippen LogP contribution in [0.15, 0.2) is 36.7 Å².